The molecule has 0 N–H and O–H groups in total. The molecule has 5 nitrogen and oxygen atoms in total. The SMILES string of the molecule is Cc1nsc(Sc2nnc(-c3ccccc3F)n2C)n1. The van der Waals surface area contributed by atoms with Gasteiger partial charge in [0.25, 0.3) is 0 Å². The minimum Gasteiger partial charge on any atom is -0.305 e. The van der Waals surface area contributed by atoms with Crippen molar-refractivity contribution in [3.05, 3.63) is 35.9 Å². The maximum absolute atomic E-state index is 13.8. The molecule has 0 bridgehead atoms. The van der Waals surface area contributed by atoms with Crippen molar-refractivity contribution in [3.63, 3.8) is 0 Å². The lowest BCUT2D eigenvalue weighted by Gasteiger charge is -2.03. The average Bonchev–Trinajstić information content (AvgIpc) is 2.99. The van der Waals surface area contributed by atoms with Crippen LogP contribution in [0.4, 0.5) is 4.39 Å². The van der Waals surface area contributed by atoms with Crippen molar-refractivity contribution < 1.29 is 4.39 Å². The lowest BCUT2D eigenvalue weighted by atomic mass is 10.2. The zero-order chi connectivity index (χ0) is 14.1. The minimum atomic E-state index is -0.314. The Hall–Kier alpha value is -1.80. The van der Waals surface area contributed by atoms with Gasteiger partial charge in [-0.25, -0.2) is 9.37 Å². The van der Waals surface area contributed by atoms with Gasteiger partial charge < -0.3 is 4.57 Å². The van der Waals surface area contributed by atoms with E-state index in [1.807, 2.05) is 6.92 Å². The van der Waals surface area contributed by atoms with Crippen LogP contribution in [0.15, 0.2) is 33.8 Å². The van der Waals surface area contributed by atoms with E-state index in [0.29, 0.717) is 16.5 Å². The maximum Gasteiger partial charge on any atom is 0.198 e. The van der Waals surface area contributed by atoms with E-state index in [-0.39, 0.29) is 5.82 Å². The normalized spacial score (nSPS) is 10.9. The molecule has 0 saturated carbocycles. The Kier molecular flexibility index (Phi) is 3.49. The van der Waals surface area contributed by atoms with Crippen LogP contribution in [0.2, 0.25) is 0 Å². The van der Waals surface area contributed by atoms with Crippen molar-refractivity contribution >= 4 is 23.3 Å². The smallest absolute Gasteiger partial charge is 0.198 e. The molecule has 20 heavy (non-hydrogen) atoms. The molecule has 0 saturated heterocycles. The van der Waals surface area contributed by atoms with Crippen LogP contribution in [0, 0.1) is 12.7 Å². The molecule has 2 heterocycles. The van der Waals surface area contributed by atoms with Gasteiger partial charge in [0.2, 0.25) is 0 Å². The van der Waals surface area contributed by atoms with E-state index in [9.17, 15) is 4.39 Å². The van der Waals surface area contributed by atoms with E-state index in [2.05, 4.69) is 19.6 Å². The summed E-state index contributed by atoms with van der Waals surface area (Å²) in [5.41, 5.74) is 0.433. The summed E-state index contributed by atoms with van der Waals surface area (Å²) < 4.78 is 20.4. The second-order valence-electron chi connectivity index (χ2n) is 4.05. The Balaban J connectivity index is 1.95. The molecule has 0 fully saturated rings. The van der Waals surface area contributed by atoms with E-state index in [0.717, 1.165) is 10.2 Å². The second-order valence-corrected chi connectivity index (χ2v) is 6.02. The third-order valence-corrected chi connectivity index (χ3v) is 4.52. The third-order valence-electron chi connectivity index (χ3n) is 2.64. The molecule has 3 rings (SSSR count). The van der Waals surface area contributed by atoms with Crippen LogP contribution in [-0.2, 0) is 7.05 Å². The van der Waals surface area contributed by atoms with Gasteiger partial charge in [0.05, 0.1) is 5.56 Å². The fourth-order valence-corrected chi connectivity index (χ4v) is 3.23. The summed E-state index contributed by atoms with van der Waals surface area (Å²) in [5.74, 6) is 0.909. The maximum atomic E-state index is 13.8. The molecule has 3 aromatic rings. The number of hydrogen-bond donors (Lipinski definition) is 0. The molecule has 0 unspecified atom stereocenters. The van der Waals surface area contributed by atoms with Crippen molar-refractivity contribution in [1.82, 2.24) is 24.1 Å². The zero-order valence-electron chi connectivity index (χ0n) is 10.7. The summed E-state index contributed by atoms with van der Waals surface area (Å²) in [6, 6.07) is 6.51. The number of hydrogen-bond acceptors (Lipinski definition) is 6. The minimum absolute atomic E-state index is 0.314. The van der Waals surface area contributed by atoms with Gasteiger partial charge in [-0.1, -0.05) is 12.1 Å². The highest BCUT2D eigenvalue weighted by atomic mass is 32.2. The number of rotatable bonds is 3. The van der Waals surface area contributed by atoms with E-state index >= 15 is 0 Å². The molecule has 0 radical (unpaired) electrons. The first-order chi connectivity index (χ1) is 9.65. The standard InChI is InChI=1S/C12H10FN5S2/c1-7-14-12(20-17-7)19-11-16-15-10(18(11)2)8-5-3-4-6-9(8)13/h3-6H,1-2H3. The third kappa shape index (κ3) is 2.44. The lowest BCUT2D eigenvalue weighted by Crippen LogP contribution is -1.96. The van der Waals surface area contributed by atoms with Crippen molar-refractivity contribution in [1.29, 1.82) is 0 Å². The Morgan fingerprint density at radius 2 is 2.05 bits per heavy atom. The van der Waals surface area contributed by atoms with Crippen LogP contribution in [-0.4, -0.2) is 24.1 Å². The molecule has 1 aromatic carbocycles. The Morgan fingerprint density at radius 3 is 2.75 bits per heavy atom. The number of nitrogens with zero attached hydrogens (tertiary/aromatic N) is 5. The van der Waals surface area contributed by atoms with Crippen molar-refractivity contribution in [3.8, 4) is 11.4 Å². The highest BCUT2D eigenvalue weighted by Gasteiger charge is 2.16. The molecule has 8 heteroatoms. The van der Waals surface area contributed by atoms with Gasteiger partial charge in [0, 0.05) is 7.05 Å². The van der Waals surface area contributed by atoms with E-state index in [1.54, 1.807) is 29.8 Å². The number of aromatic nitrogens is 5. The molecule has 0 aliphatic heterocycles. The van der Waals surface area contributed by atoms with E-state index < -0.39 is 0 Å². The highest BCUT2D eigenvalue weighted by Crippen LogP contribution is 2.30. The molecule has 2 aromatic heterocycles. The predicted molar refractivity (Wildman–Crippen MR) is 75.2 cm³/mol. The Bertz CT molecular complexity index is 752. The summed E-state index contributed by atoms with van der Waals surface area (Å²) in [7, 11) is 1.80. The molecular weight excluding hydrogens is 297 g/mol. The first-order valence-electron chi connectivity index (χ1n) is 5.77. The predicted octanol–water partition coefficient (Wildman–Crippen LogP) is 2.93. The summed E-state index contributed by atoms with van der Waals surface area (Å²) in [6.45, 7) is 1.84. The van der Waals surface area contributed by atoms with Gasteiger partial charge in [-0.05, 0) is 42.4 Å². The van der Waals surface area contributed by atoms with Gasteiger partial charge in [-0.3, -0.25) is 0 Å². The van der Waals surface area contributed by atoms with Gasteiger partial charge in [-0.2, -0.15) is 4.37 Å². The summed E-state index contributed by atoms with van der Waals surface area (Å²) in [4.78, 5) is 4.26. The average molecular weight is 307 g/mol. The van der Waals surface area contributed by atoms with E-state index in [1.165, 1.54) is 29.4 Å². The first kappa shape index (κ1) is 13.2. The van der Waals surface area contributed by atoms with Gasteiger partial charge >= 0.3 is 0 Å². The largest absolute Gasteiger partial charge is 0.305 e. The first-order valence-corrected chi connectivity index (χ1v) is 7.36. The Labute approximate surface area is 123 Å². The van der Waals surface area contributed by atoms with Gasteiger partial charge in [0.1, 0.15) is 11.6 Å². The van der Waals surface area contributed by atoms with Crippen molar-refractivity contribution in [2.75, 3.05) is 0 Å². The Morgan fingerprint density at radius 1 is 1.25 bits per heavy atom. The summed E-state index contributed by atoms with van der Waals surface area (Å²) in [5, 5.41) is 8.80. The number of halogens is 1. The zero-order valence-corrected chi connectivity index (χ0v) is 12.4. The summed E-state index contributed by atoms with van der Waals surface area (Å²) >= 11 is 2.68. The highest BCUT2D eigenvalue weighted by molar-refractivity contribution is 8.00. The number of benzene rings is 1. The van der Waals surface area contributed by atoms with Crippen LogP contribution in [0.3, 0.4) is 0 Å². The molecule has 0 amide bonds. The molecule has 0 spiro atoms. The summed E-state index contributed by atoms with van der Waals surface area (Å²) in [6.07, 6.45) is 0. The van der Waals surface area contributed by atoms with Gasteiger partial charge in [0.15, 0.2) is 15.3 Å². The second kappa shape index (κ2) is 5.29. The van der Waals surface area contributed by atoms with Crippen LogP contribution < -0.4 is 0 Å². The van der Waals surface area contributed by atoms with E-state index in [4.69, 9.17) is 0 Å². The molecule has 0 aliphatic carbocycles. The lowest BCUT2D eigenvalue weighted by molar-refractivity contribution is 0.628. The van der Waals surface area contributed by atoms with Crippen LogP contribution in [0.1, 0.15) is 5.82 Å². The quantitative estimate of drug-likeness (QED) is 0.744. The monoisotopic (exact) mass is 307 g/mol. The molecular formula is C12H10FN5S2. The van der Waals surface area contributed by atoms with Crippen molar-refractivity contribution in [2.45, 2.75) is 16.4 Å². The van der Waals surface area contributed by atoms with Crippen molar-refractivity contribution in [2.24, 2.45) is 7.05 Å². The van der Waals surface area contributed by atoms with Gasteiger partial charge in [-0.15, -0.1) is 10.2 Å². The topological polar surface area (TPSA) is 56.5 Å². The molecule has 0 aliphatic rings. The fourth-order valence-electron chi connectivity index (χ4n) is 1.68. The van der Waals surface area contributed by atoms with Crippen LogP contribution >= 0.6 is 23.3 Å². The fraction of sp³-hybridized carbons (Fsp3) is 0.167. The van der Waals surface area contributed by atoms with Crippen LogP contribution in [0.25, 0.3) is 11.4 Å². The van der Waals surface area contributed by atoms with Crippen LogP contribution in [0.5, 0.6) is 0 Å². The molecule has 102 valence electrons. The number of aryl methyl sites for hydroxylation is 1. The molecule has 0 atom stereocenters.